The van der Waals surface area contributed by atoms with Gasteiger partial charge in [0.1, 0.15) is 5.60 Å². The number of carbonyl (C=O) groups is 2. The Kier molecular flexibility index (Phi) is 6.98. The minimum Gasteiger partial charge on any atom is -0.444 e. The molecule has 0 saturated carbocycles. The van der Waals surface area contributed by atoms with E-state index < -0.39 is 5.60 Å². The molecule has 1 N–H and O–H groups in total. The van der Waals surface area contributed by atoms with Gasteiger partial charge in [-0.15, -0.1) is 11.8 Å². The number of hydrogen-bond donors (Lipinski definition) is 1. The van der Waals surface area contributed by atoms with Gasteiger partial charge >= 0.3 is 6.09 Å². The molecule has 144 valence electrons. The highest BCUT2D eigenvalue weighted by Gasteiger charge is 2.27. The number of nitrogens with one attached hydrogen (secondary N) is 1. The van der Waals surface area contributed by atoms with Crippen LogP contribution in [0.25, 0.3) is 0 Å². The molecule has 1 saturated heterocycles. The van der Waals surface area contributed by atoms with Crippen LogP contribution in [0.3, 0.4) is 0 Å². The summed E-state index contributed by atoms with van der Waals surface area (Å²) in [7, 11) is 0. The fourth-order valence-corrected chi connectivity index (χ4v) is 3.74. The van der Waals surface area contributed by atoms with E-state index in [2.05, 4.69) is 37.4 Å². The van der Waals surface area contributed by atoms with Crippen LogP contribution in [-0.4, -0.2) is 47.4 Å². The van der Waals surface area contributed by atoms with Crippen molar-refractivity contribution in [3.8, 4) is 0 Å². The highest BCUT2D eigenvalue weighted by Crippen LogP contribution is 2.23. The molecule has 0 unspecified atom stereocenters. The average molecular weight is 379 g/mol. The van der Waals surface area contributed by atoms with E-state index in [4.69, 9.17) is 4.74 Å². The highest BCUT2D eigenvalue weighted by atomic mass is 32.2. The summed E-state index contributed by atoms with van der Waals surface area (Å²) in [5.41, 5.74) is 1.92. The number of likely N-dealkylation sites (tertiary alicyclic amines) is 1. The number of nitrogens with zero attached hydrogens (tertiary/aromatic N) is 1. The number of thioether (sulfide) groups is 1. The predicted molar refractivity (Wildman–Crippen MR) is 106 cm³/mol. The molecule has 1 aliphatic rings. The summed E-state index contributed by atoms with van der Waals surface area (Å²) in [6.45, 7) is 10.9. The lowest BCUT2D eigenvalue weighted by Crippen LogP contribution is -2.48. The molecule has 26 heavy (non-hydrogen) atoms. The minimum absolute atomic E-state index is 0.0478. The Morgan fingerprint density at radius 3 is 2.50 bits per heavy atom. The summed E-state index contributed by atoms with van der Waals surface area (Å²) >= 11 is 1.57. The molecule has 1 aromatic carbocycles. The van der Waals surface area contributed by atoms with E-state index in [9.17, 15) is 9.59 Å². The molecule has 5 nitrogen and oxygen atoms in total. The first-order valence-electron chi connectivity index (χ1n) is 9.11. The van der Waals surface area contributed by atoms with E-state index in [0.29, 0.717) is 18.8 Å². The molecule has 0 bridgehead atoms. The summed E-state index contributed by atoms with van der Waals surface area (Å²) in [5, 5.41) is 3.09. The average Bonchev–Trinajstić information content (AvgIpc) is 2.55. The summed E-state index contributed by atoms with van der Waals surface area (Å²) in [6.07, 6.45) is 1.26. The van der Waals surface area contributed by atoms with E-state index >= 15 is 0 Å². The molecule has 1 fully saturated rings. The quantitative estimate of drug-likeness (QED) is 0.807. The second kappa shape index (κ2) is 8.80. The lowest BCUT2D eigenvalue weighted by molar-refractivity contribution is -0.119. The maximum absolute atomic E-state index is 12.2. The Labute approximate surface area is 160 Å². The third-order valence-electron chi connectivity index (χ3n) is 4.21. The van der Waals surface area contributed by atoms with Crippen molar-refractivity contribution >= 4 is 23.8 Å². The second-order valence-corrected chi connectivity index (χ2v) is 8.88. The third kappa shape index (κ3) is 6.56. The number of piperidine rings is 1. The second-order valence-electron chi connectivity index (χ2n) is 7.87. The number of carbonyl (C=O) groups excluding carboxylic acids is 2. The maximum atomic E-state index is 12.2. The molecule has 2 amide bonds. The first kappa shape index (κ1) is 20.6. The van der Waals surface area contributed by atoms with Crippen LogP contribution in [-0.2, 0) is 9.53 Å². The Bertz CT molecular complexity index is 647. The zero-order valence-corrected chi connectivity index (χ0v) is 17.2. The Morgan fingerprint density at radius 2 is 1.88 bits per heavy atom. The maximum Gasteiger partial charge on any atom is 0.410 e. The van der Waals surface area contributed by atoms with Gasteiger partial charge in [0.2, 0.25) is 5.91 Å². The monoisotopic (exact) mass is 378 g/mol. The van der Waals surface area contributed by atoms with E-state index in [1.54, 1.807) is 16.7 Å². The van der Waals surface area contributed by atoms with Crippen molar-refractivity contribution in [2.24, 2.45) is 0 Å². The van der Waals surface area contributed by atoms with E-state index in [1.165, 1.54) is 11.1 Å². The van der Waals surface area contributed by atoms with Gasteiger partial charge < -0.3 is 15.0 Å². The molecule has 1 aliphatic heterocycles. The summed E-state index contributed by atoms with van der Waals surface area (Å²) in [6, 6.07) is 6.41. The van der Waals surface area contributed by atoms with Crippen molar-refractivity contribution in [2.75, 3.05) is 18.8 Å². The molecule has 1 heterocycles. The fraction of sp³-hybridized carbons (Fsp3) is 0.600. The minimum atomic E-state index is -0.479. The van der Waals surface area contributed by atoms with Crippen molar-refractivity contribution < 1.29 is 14.3 Å². The van der Waals surface area contributed by atoms with Crippen molar-refractivity contribution in [2.45, 2.75) is 64.0 Å². The molecular formula is C20H30N2O3S. The van der Waals surface area contributed by atoms with Crippen molar-refractivity contribution in [1.29, 1.82) is 0 Å². The van der Waals surface area contributed by atoms with Crippen LogP contribution >= 0.6 is 11.8 Å². The summed E-state index contributed by atoms with van der Waals surface area (Å²) in [4.78, 5) is 27.2. The number of amides is 2. The van der Waals surface area contributed by atoms with Crippen LogP contribution in [0.15, 0.2) is 23.1 Å². The normalized spacial score (nSPS) is 15.7. The lowest BCUT2D eigenvalue weighted by Gasteiger charge is -2.33. The Hall–Kier alpha value is -1.69. The van der Waals surface area contributed by atoms with Gasteiger partial charge in [0.05, 0.1) is 5.75 Å². The van der Waals surface area contributed by atoms with Crippen LogP contribution in [0.5, 0.6) is 0 Å². The number of benzene rings is 1. The zero-order chi connectivity index (χ0) is 19.3. The van der Waals surface area contributed by atoms with E-state index in [1.807, 2.05) is 20.8 Å². The molecular weight excluding hydrogens is 348 g/mol. The molecule has 1 aromatic rings. The number of ether oxygens (including phenoxy) is 1. The van der Waals surface area contributed by atoms with E-state index in [-0.39, 0.29) is 18.0 Å². The SMILES string of the molecule is Cc1ccc(C)c(SCC(=O)NC2CCN(C(=O)OC(C)(C)C)CC2)c1. The van der Waals surface area contributed by atoms with Crippen molar-refractivity contribution in [3.05, 3.63) is 29.3 Å². The van der Waals surface area contributed by atoms with Gasteiger partial charge in [0, 0.05) is 24.0 Å². The van der Waals surface area contributed by atoms with Crippen molar-refractivity contribution in [3.63, 3.8) is 0 Å². The molecule has 0 spiro atoms. The zero-order valence-electron chi connectivity index (χ0n) is 16.4. The predicted octanol–water partition coefficient (Wildman–Crippen LogP) is 3.91. The lowest BCUT2D eigenvalue weighted by atomic mass is 10.1. The van der Waals surface area contributed by atoms with Gasteiger partial charge in [0.15, 0.2) is 0 Å². The van der Waals surface area contributed by atoms with Crippen LogP contribution in [0, 0.1) is 13.8 Å². The topological polar surface area (TPSA) is 58.6 Å². The molecule has 0 radical (unpaired) electrons. The Morgan fingerprint density at radius 1 is 1.23 bits per heavy atom. The van der Waals surface area contributed by atoms with Gasteiger partial charge in [-0.05, 0) is 59.1 Å². The van der Waals surface area contributed by atoms with Gasteiger partial charge in [0.25, 0.3) is 0 Å². The third-order valence-corrected chi connectivity index (χ3v) is 5.37. The number of aryl methyl sites for hydroxylation is 2. The van der Waals surface area contributed by atoms with Crippen LogP contribution < -0.4 is 5.32 Å². The molecule has 6 heteroatoms. The summed E-state index contributed by atoms with van der Waals surface area (Å²) < 4.78 is 5.40. The van der Waals surface area contributed by atoms with E-state index in [0.717, 1.165) is 17.7 Å². The van der Waals surface area contributed by atoms with Gasteiger partial charge in [-0.3, -0.25) is 4.79 Å². The standard InChI is InChI=1S/C20H30N2O3S/c1-14-6-7-15(2)17(12-14)26-13-18(23)21-16-8-10-22(11-9-16)19(24)25-20(3,4)5/h6-7,12,16H,8-11,13H2,1-5H3,(H,21,23). The molecule has 0 aromatic heterocycles. The van der Waals surface area contributed by atoms with Crippen LogP contribution in [0.4, 0.5) is 4.79 Å². The first-order valence-corrected chi connectivity index (χ1v) is 10.1. The number of rotatable bonds is 4. The van der Waals surface area contributed by atoms with Gasteiger partial charge in [-0.2, -0.15) is 0 Å². The van der Waals surface area contributed by atoms with Crippen LogP contribution in [0.1, 0.15) is 44.7 Å². The summed E-state index contributed by atoms with van der Waals surface area (Å²) in [5.74, 6) is 0.461. The fourth-order valence-electron chi connectivity index (χ4n) is 2.81. The molecule has 2 rings (SSSR count). The number of hydrogen-bond acceptors (Lipinski definition) is 4. The molecule has 0 atom stereocenters. The largest absolute Gasteiger partial charge is 0.444 e. The van der Waals surface area contributed by atoms with Gasteiger partial charge in [-0.1, -0.05) is 17.7 Å². The molecule has 0 aliphatic carbocycles. The van der Waals surface area contributed by atoms with Gasteiger partial charge in [-0.25, -0.2) is 4.79 Å². The Balaban J connectivity index is 1.74. The van der Waals surface area contributed by atoms with Crippen LogP contribution in [0.2, 0.25) is 0 Å². The first-order chi connectivity index (χ1) is 12.1. The highest BCUT2D eigenvalue weighted by molar-refractivity contribution is 8.00. The smallest absolute Gasteiger partial charge is 0.410 e. The van der Waals surface area contributed by atoms with Crippen molar-refractivity contribution in [1.82, 2.24) is 10.2 Å².